The summed E-state index contributed by atoms with van der Waals surface area (Å²) >= 11 is 6.07. The van der Waals surface area contributed by atoms with Crippen LogP contribution in [0.5, 0.6) is 0 Å². The maximum atomic E-state index is 13.4. The van der Waals surface area contributed by atoms with E-state index in [4.69, 9.17) is 16.3 Å². The van der Waals surface area contributed by atoms with Gasteiger partial charge in [0, 0.05) is 29.2 Å². The van der Waals surface area contributed by atoms with Gasteiger partial charge in [0.1, 0.15) is 11.5 Å². The van der Waals surface area contributed by atoms with Crippen molar-refractivity contribution in [2.45, 2.75) is 19.4 Å². The molecular formula is C26H22ClN3O4. The lowest BCUT2D eigenvalue weighted by molar-refractivity contribution is -0.124. The van der Waals surface area contributed by atoms with E-state index in [1.165, 1.54) is 11.6 Å². The van der Waals surface area contributed by atoms with Gasteiger partial charge in [-0.25, -0.2) is 9.78 Å². The van der Waals surface area contributed by atoms with E-state index in [1.807, 2.05) is 0 Å². The lowest BCUT2D eigenvalue weighted by Gasteiger charge is -2.20. The number of rotatable bonds is 6. The van der Waals surface area contributed by atoms with E-state index < -0.39 is 18.0 Å². The number of benzene rings is 2. The Morgan fingerprint density at radius 2 is 1.71 bits per heavy atom. The zero-order valence-corrected chi connectivity index (χ0v) is 19.4. The van der Waals surface area contributed by atoms with Crippen LogP contribution in [-0.4, -0.2) is 27.5 Å². The molecule has 0 saturated heterocycles. The van der Waals surface area contributed by atoms with Crippen LogP contribution in [0, 0.1) is 0 Å². The van der Waals surface area contributed by atoms with Crippen LogP contribution in [0.2, 0.25) is 5.02 Å². The topological polar surface area (TPSA) is 90.3 Å². The Balaban J connectivity index is 1.78. The molecule has 2 heterocycles. The molecule has 2 aromatic carbocycles. The van der Waals surface area contributed by atoms with Gasteiger partial charge in [-0.15, -0.1) is 0 Å². The second-order valence-corrected chi connectivity index (χ2v) is 8.08. The van der Waals surface area contributed by atoms with Gasteiger partial charge in [-0.2, -0.15) is 0 Å². The maximum Gasteiger partial charge on any atom is 0.356 e. The predicted octanol–water partition coefficient (Wildman–Crippen LogP) is 4.83. The molecule has 7 nitrogen and oxygen atoms in total. The van der Waals surface area contributed by atoms with Gasteiger partial charge in [-0.3, -0.25) is 9.59 Å². The average Bonchev–Trinajstić information content (AvgIpc) is 2.85. The van der Waals surface area contributed by atoms with Gasteiger partial charge >= 0.3 is 5.97 Å². The van der Waals surface area contributed by atoms with Crippen molar-refractivity contribution in [2.75, 3.05) is 5.32 Å². The van der Waals surface area contributed by atoms with E-state index in [0.29, 0.717) is 32.7 Å². The minimum Gasteiger partial charge on any atom is -0.448 e. The second-order valence-electron chi connectivity index (χ2n) is 7.65. The molecule has 2 aromatic heterocycles. The number of amides is 1. The second kappa shape index (κ2) is 9.89. The molecular weight excluding hydrogens is 454 g/mol. The first kappa shape index (κ1) is 23.2. The number of carbonyl (C=O) groups is 2. The molecule has 0 saturated carbocycles. The van der Waals surface area contributed by atoms with Crippen molar-refractivity contribution in [2.24, 2.45) is 7.05 Å². The Hall–Kier alpha value is -3.97. The van der Waals surface area contributed by atoms with Gasteiger partial charge in [0.25, 0.3) is 11.5 Å². The standard InChI is InChI=1S/C26H22ClN3O4/c1-3-20(24(31)29-21-10-6-7-15-28-21)34-26(33)23-22(16-11-13-17(27)14-12-16)18-8-4-5-9-19(18)25(32)30(23)2/h4-15,20H,3H2,1-2H3,(H,28,29,31). The normalized spacial score (nSPS) is 11.7. The molecule has 0 radical (unpaired) electrons. The van der Waals surface area contributed by atoms with Gasteiger partial charge in [0.15, 0.2) is 6.10 Å². The summed E-state index contributed by atoms with van der Waals surface area (Å²) in [5.41, 5.74) is 0.926. The SMILES string of the molecule is CCC(OC(=O)c1c(-c2ccc(Cl)cc2)c2ccccc2c(=O)n1C)C(=O)Nc1ccccn1. The van der Waals surface area contributed by atoms with Crippen LogP contribution in [0.15, 0.2) is 77.7 Å². The van der Waals surface area contributed by atoms with Crippen LogP contribution in [0.1, 0.15) is 23.8 Å². The average molecular weight is 476 g/mol. The summed E-state index contributed by atoms with van der Waals surface area (Å²) in [7, 11) is 1.51. The van der Waals surface area contributed by atoms with Gasteiger partial charge in [-0.1, -0.05) is 54.9 Å². The lowest BCUT2D eigenvalue weighted by atomic mass is 9.96. The Morgan fingerprint density at radius 3 is 2.35 bits per heavy atom. The highest BCUT2D eigenvalue weighted by Gasteiger charge is 2.28. The van der Waals surface area contributed by atoms with Crippen LogP contribution < -0.4 is 10.9 Å². The number of esters is 1. The monoisotopic (exact) mass is 475 g/mol. The first-order chi connectivity index (χ1) is 16.4. The fraction of sp³-hybridized carbons (Fsp3) is 0.154. The maximum absolute atomic E-state index is 13.4. The zero-order valence-electron chi connectivity index (χ0n) is 18.6. The van der Waals surface area contributed by atoms with Crippen LogP contribution in [-0.2, 0) is 16.6 Å². The lowest BCUT2D eigenvalue weighted by Crippen LogP contribution is -2.34. The number of hydrogen-bond donors (Lipinski definition) is 1. The van der Waals surface area contributed by atoms with Gasteiger partial charge in [0.2, 0.25) is 0 Å². The van der Waals surface area contributed by atoms with E-state index >= 15 is 0 Å². The molecule has 0 bridgehead atoms. The number of halogens is 1. The Kier molecular flexibility index (Phi) is 6.75. The Labute approximate surface area is 201 Å². The molecule has 4 rings (SSSR count). The van der Waals surface area contributed by atoms with Gasteiger partial charge in [-0.05, 0) is 47.7 Å². The van der Waals surface area contributed by atoms with Crippen molar-refractivity contribution in [3.05, 3.63) is 94.0 Å². The van der Waals surface area contributed by atoms with E-state index in [9.17, 15) is 14.4 Å². The summed E-state index contributed by atoms with van der Waals surface area (Å²) in [6.45, 7) is 1.73. The minimum absolute atomic E-state index is 0.0510. The van der Waals surface area contributed by atoms with Gasteiger partial charge in [0.05, 0.1) is 0 Å². The Morgan fingerprint density at radius 1 is 1.03 bits per heavy atom. The molecule has 0 aliphatic rings. The molecule has 8 heteroatoms. The summed E-state index contributed by atoms with van der Waals surface area (Å²) < 4.78 is 6.89. The predicted molar refractivity (Wildman–Crippen MR) is 132 cm³/mol. The third-order valence-corrected chi connectivity index (χ3v) is 5.71. The molecule has 1 amide bonds. The third kappa shape index (κ3) is 4.56. The molecule has 0 fully saturated rings. The van der Waals surface area contributed by atoms with Crippen molar-refractivity contribution < 1.29 is 14.3 Å². The van der Waals surface area contributed by atoms with Crippen LogP contribution in [0.3, 0.4) is 0 Å². The number of hydrogen-bond acceptors (Lipinski definition) is 5. The molecule has 1 atom stereocenters. The summed E-state index contributed by atoms with van der Waals surface area (Å²) in [6.07, 6.45) is 0.711. The highest BCUT2D eigenvalue weighted by molar-refractivity contribution is 6.30. The number of carbonyl (C=O) groups excluding carboxylic acids is 2. The molecule has 1 N–H and O–H groups in total. The summed E-state index contributed by atoms with van der Waals surface area (Å²) in [6, 6.07) is 19.1. The van der Waals surface area contributed by atoms with Crippen molar-refractivity contribution in [3.8, 4) is 11.1 Å². The molecule has 172 valence electrons. The van der Waals surface area contributed by atoms with E-state index in [2.05, 4.69) is 10.3 Å². The smallest absolute Gasteiger partial charge is 0.356 e. The summed E-state index contributed by atoms with van der Waals surface area (Å²) in [5.74, 6) is -0.936. The summed E-state index contributed by atoms with van der Waals surface area (Å²) in [5, 5.41) is 4.26. The fourth-order valence-corrected chi connectivity index (χ4v) is 3.89. The summed E-state index contributed by atoms with van der Waals surface area (Å²) in [4.78, 5) is 43.3. The van der Waals surface area contributed by atoms with Crippen molar-refractivity contribution in [1.29, 1.82) is 0 Å². The van der Waals surface area contributed by atoms with Gasteiger partial charge < -0.3 is 14.6 Å². The third-order valence-electron chi connectivity index (χ3n) is 5.46. The molecule has 0 spiro atoms. The van der Waals surface area contributed by atoms with Crippen LogP contribution >= 0.6 is 11.6 Å². The van der Waals surface area contributed by atoms with Crippen molar-refractivity contribution >= 4 is 40.1 Å². The number of ether oxygens (including phenoxy) is 1. The molecule has 34 heavy (non-hydrogen) atoms. The highest BCUT2D eigenvalue weighted by Crippen LogP contribution is 2.32. The van der Waals surface area contributed by atoms with E-state index in [1.54, 1.807) is 79.9 Å². The largest absolute Gasteiger partial charge is 0.448 e. The number of anilines is 1. The number of nitrogens with one attached hydrogen (secondary N) is 1. The molecule has 0 aliphatic carbocycles. The first-order valence-electron chi connectivity index (χ1n) is 10.7. The highest BCUT2D eigenvalue weighted by atomic mass is 35.5. The molecule has 4 aromatic rings. The first-order valence-corrected chi connectivity index (χ1v) is 11.1. The molecule has 0 aliphatic heterocycles. The number of nitrogens with zero attached hydrogens (tertiary/aromatic N) is 2. The van der Waals surface area contributed by atoms with Crippen molar-refractivity contribution in [3.63, 3.8) is 0 Å². The Bertz CT molecular complexity index is 1420. The quantitative estimate of drug-likeness (QED) is 0.403. The zero-order chi connectivity index (χ0) is 24.2. The number of aromatic nitrogens is 2. The van der Waals surface area contributed by atoms with Crippen LogP contribution in [0.25, 0.3) is 21.9 Å². The molecule has 1 unspecified atom stereocenters. The minimum atomic E-state index is -1.07. The van der Waals surface area contributed by atoms with Crippen molar-refractivity contribution in [1.82, 2.24) is 9.55 Å². The van der Waals surface area contributed by atoms with E-state index in [-0.39, 0.29) is 17.7 Å². The number of fused-ring (bicyclic) bond motifs is 1. The number of pyridine rings is 2. The fourth-order valence-electron chi connectivity index (χ4n) is 3.76. The van der Waals surface area contributed by atoms with E-state index in [0.717, 1.165) is 0 Å². The van der Waals surface area contributed by atoms with Crippen LogP contribution in [0.4, 0.5) is 5.82 Å².